The van der Waals surface area contributed by atoms with Crippen LogP contribution in [0.3, 0.4) is 0 Å². The average Bonchev–Trinajstić information content (AvgIpc) is 2.83. The Bertz CT molecular complexity index is 369. The minimum atomic E-state index is 0.392. The Kier molecular flexibility index (Phi) is 5.16. The van der Waals surface area contributed by atoms with Crippen LogP contribution >= 0.6 is 0 Å². The van der Waals surface area contributed by atoms with Crippen LogP contribution in [0.1, 0.15) is 12.1 Å². The highest BCUT2D eigenvalue weighted by atomic mass is 16.5. The van der Waals surface area contributed by atoms with Crippen molar-refractivity contribution in [3.63, 3.8) is 0 Å². The van der Waals surface area contributed by atoms with Gasteiger partial charge in [0.15, 0.2) is 0 Å². The molecule has 0 aromatic carbocycles. The van der Waals surface area contributed by atoms with Gasteiger partial charge in [-0.15, -0.1) is 6.58 Å². The summed E-state index contributed by atoms with van der Waals surface area (Å²) >= 11 is 0. The smallest absolute Gasteiger partial charge is 0.110 e. The number of allylic oxidation sites excluding steroid dienone is 4. The van der Waals surface area contributed by atoms with Crippen LogP contribution in [0.25, 0.3) is 5.57 Å². The molecule has 0 atom stereocenters. The number of hydrogen-bond donors (Lipinski definition) is 2. The van der Waals surface area contributed by atoms with Crippen molar-refractivity contribution in [3.05, 3.63) is 54.6 Å². The fourth-order valence-corrected chi connectivity index (χ4v) is 1.34. The molecular formula is C13H18N2O. The van der Waals surface area contributed by atoms with Crippen LogP contribution in [0, 0.1) is 0 Å². The standard InChI is InChI=1S/C13H18N2O/c1-3-4-6-11(9-12(10-14)16-2)13-7-5-8-15-13/h3,5-9,15H,1,4,10,14H2,2H3/b11-6+,12-9+. The lowest BCUT2D eigenvalue weighted by molar-refractivity contribution is 0.287. The van der Waals surface area contributed by atoms with E-state index in [0.29, 0.717) is 6.54 Å². The first-order valence-electron chi connectivity index (χ1n) is 5.21. The number of aromatic nitrogens is 1. The lowest BCUT2D eigenvalue weighted by Crippen LogP contribution is -2.04. The second-order valence-corrected chi connectivity index (χ2v) is 3.29. The van der Waals surface area contributed by atoms with Gasteiger partial charge in [0.05, 0.1) is 13.7 Å². The fraction of sp³-hybridized carbons (Fsp3) is 0.231. The average molecular weight is 218 g/mol. The maximum absolute atomic E-state index is 5.56. The molecule has 0 aliphatic rings. The van der Waals surface area contributed by atoms with E-state index in [2.05, 4.69) is 17.6 Å². The molecule has 0 saturated carbocycles. The largest absolute Gasteiger partial charge is 0.500 e. The third-order valence-electron chi connectivity index (χ3n) is 2.19. The van der Waals surface area contributed by atoms with Crippen molar-refractivity contribution in [2.75, 3.05) is 13.7 Å². The Morgan fingerprint density at radius 3 is 2.94 bits per heavy atom. The first-order chi connectivity index (χ1) is 7.81. The third-order valence-corrected chi connectivity index (χ3v) is 2.19. The number of H-pyrrole nitrogens is 1. The Hall–Kier alpha value is -1.74. The van der Waals surface area contributed by atoms with Crippen molar-refractivity contribution in [2.45, 2.75) is 6.42 Å². The van der Waals surface area contributed by atoms with Crippen molar-refractivity contribution >= 4 is 5.57 Å². The monoisotopic (exact) mass is 218 g/mol. The van der Waals surface area contributed by atoms with Gasteiger partial charge in [-0.25, -0.2) is 0 Å². The summed E-state index contributed by atoms with van der Waals surface area (Å²) in [5, 5.41) is 0. The van der Waals surface area contributed by atoms with Gasteiger partial charge in [-0.2, -0.15) is 0 Å². The molecule has 0 aliphatic heterocycles. The molecule has 0 fully saturated rings. The Balaban J connectivity index is 2.97. The van der Waals surface area contributed by atoms with Crippen molar-refractivity contribution in [2.24, 2.45) is 5.73 Å². The Morgan fingerprint density at radius 2 is 2.44 bits per heavy atom. The third kappa shape index (κ3) is 3.44. The van der Waals surface area contributed by atoms with Crippen LogP contribution in [0.5, 0.6) is 0 Å². The Labute approximate surface area is 96.3 Å². The predicted molar refractivity (Wildman–Crippen MR) is 67.7 cm³/mol. The summed E-state index contributed by atoms with van der Waals surface area (Å²) in [6.07, 6.45) is 8.57. The molecule has 0 unspecified atom stereocenters. The molecule has 0 aliphatic carbocycles. The molecular weight excluding hydrogens is 200 g/mol. The molecule has 0 spiro atoms. The van der Waals surface area contributed by atoms with Crippen LogP contribution in [0.15, 0.2) is 48.9 Å². The van der Waals surface area contributed by atoms with Crippen molar-refractivity contribution in [1.82, 2.24) is 4.98 Å². The summed E-state index contributed by atoms with van der Waals surface area (Å²) in [5.74, 6) is 0.755. The van der Waals surface area contributed by atoms with Crippen LogP contribution in [0.2, 0.25) is 0 Å². The number of rotatable bonds is 6. The van der Waals surface area contributed by atoms with E-state index in [1.54, 1.807) is 7.11 Å². The molecule has 1 heterocycles. The highest BCUT2D eigenvalue weighted by Gasteiger charge is 2.01. The number of aromatic amines is 1. The maximum Gasteiger partial charge on any atom is 0.110 e. The summed E-state index contributed by atoms with van der Waals surface area (Å²) in [7, 11) is 1.62. The molecule has 1 rings (SSSR count). The highest BCUT2D eigenvalue weighted by Crippen LogP contribution is 2.16. The molecule has 1 aromatic rings. The van der Waals surface area contributed by atoms with Crippen LogP contribution in [-0.4, -0.2) is 18.6 Å². The van der Waals surface area contributed by atoms with Crippen LogP contribution < -0.4 is 5.73 Å². The number of hydrogen-bond acceptors (Lipinski definition) is 2. The lowest BCUT2D eigenvalue weighted by atomic mass is 10.1. The van der Waals surface area contributed by atoms with Gasteiger partial charge in [0.2, 0.25) is 0 Å². The SMILES string of the molecule is C=CC/C=C(\C=C(/CN)OC)c1ccc[nH]1. The molecule has 1 aromatic heterocycles. The number of ether oxygens (including phenoxy) is 1. The molecule has 3 N–H and O–H groups in total. The van der Waals surface area contributed by atoms with Gasteiger partial charge in [-0.05, 0) is 30.2 Å². The van der Waals surface area contributed by atoms with Crippen LogP contribution in [0.4, 0.5) is 0 Å². The van der Waals surface area contributed by atoms with Crippen molar-refractivity contribution < 1.29 is 4.74 Å². The fourth-order valence-electron chi connectivity index (χ4n) is 1.34. The van der Waals surface area contributed by atoms with Crippen molar-refractivity contribution in [3.8, 4) is 0 Å². The number of nitrogens with two attached hydrogens (primary N) is 1. The lowest BCUT2D eigenvalue weighted by Gasteiger charge is -2.05. The number of nitrogens with one attached hydrogen (secondary N) is 1. The second-order valence-electron chi connectivity index (χ2n) is 3.29. The predicted octanol–water partition coefficient (Wildman–Crippen LogP) is 2.46. The topological polar surface area (TPSA) is 51.0 Å². The van der Waals surface area contributed by atoms with E-state index in [0.717, 1.165) is 23.4 Å². The molecule has 86 valence electrons. The van der Waals surface area contributed by atoms with E-state index >= 15 is 0 Å². The van der Waals surface area contributed by atoms with Gasteiger partial charge in [0, 0.05) is 11.9 Å². The first kappa shape index (κ1) is 12.3. The quantitative estimate of drug-likeness (QED) is 0.438. The molecule has 16 heavy (non-hydrogen) atoms. The van der Waals surface area contributed by atoms with Crippen LogP contribution in [-0.2, 0) is 4.74 Å². The number of methoxy groups -OCH3 is 1. The second kappa shape index (κ2) is 6.69. The minimum Gasteiger partial charge on any atom is -0.500 e. The van der Waals surface area contributed by atoms with Gasteiger partial charge in [0.1, 0.15) is 5.76 Å². The van der Waals surface area contributed by atoms with Gasteiger partial charge in [0.25, 0.3) is 0 Å². The summed E-state index contributed by atoms with van der Waals surface area (Å²) < 4.78 is 5.16. The zero-order valence-corrected chi connectivity index (χ0v) is 9.57. The zero-order chi connectivity index (χ0) is 11.8. The highest BCUT2D eigenvalue weighted by molar-refractivity contribution is 5.72. The molecule has 3 nitrogen and oxygen atoms in total. The van der Waals surface area contributed by atoms with E-state index in [9.17, 15) is 0 Å². The van der Waals surface area contributed by atoms with E-state index in [1.807, 2.05) is 30.5 Å². The minimum absolute atomic E-state index is 0.392. The van der Waals surface area contributed by atoms with E-state index in [-0.39, 0.29) is 0 Å². The molecule has 0 saturated heterocycles. The normalized spacial score (nSPS) is 12.6. The molecule has 3 heteroatoms. The van der Waals surface area contributed by atoms with E-state index in [1.165, 1.54) is 0 Å². The van der Waals surface area contributed by atoms with E-state index < -0.39 is 0 Å². The summed E-state index contributed by atoms with van der Waals surface area (Å²) in [6, 6.07) is 3.97. The molecule has 0 bridgehead atoms. The van der Waals surface area contributed by atoms with E-state index in [4.69, 9.17) is 10.5 Å². The Morgan fingerprint density at radius 1 is 1.62 bits per heavy atom. The van der Waals surface area contributed by atoms with Gasteiger partial charge < -0.3 is 15.5 Å². The van der Waals surface area contributed by atoms with Gasteiger partial charge in [-0.1, -0.05) is 12.2 Å². The summed E-state index contributed by atoms with van der Waals surface area (Å²) in [4.78, 5) is 3.16. The molecule has 0 amide bonds. The zero-order valence-electron chi connectivity index (χ0n) is 9.57. The molecule has 0 radical (unpaired) electrons. The first-order valence-corrected chi connectivity index (χ1v) is 5.21. The maximum atomic E-state index is 5.56. The van der Waals surface area contributed by atoms with Crippen molar-refractivity contribution in [1.29, 1.82) is 0 Å². The summed E-state index contributed by atoms with van der Waals surface area (Å²) in [6.45, 7) is 4.09. The summed E-state index contributed by atoms with van der Waals surface area (Å²) in [5.41, 5.74) is 7.67. The van der Waals surface area contributed by atoms with Gasteiger partial charge in [-0.3, -0.25) is 0 Å². The van der Waals surface area contributed by atoms with Gasteiger partial charge >= 0.3 is 0 Å².